The van der Waals surface area contributed by atoms with Crippen molar-refractivity contribution in [3.8, 4) is 11.5 Å². The van der Waals surface area contributed by atoms with Gasteiger partial charge in [0.1, 0.15) is 11.5 Å². The predicted octanol–water partition coefficient (Wildman–Crippen LogP) is 2.43. The average Bonchev–Trinajstić information content (AvgIpc) is 2.73. The van der Waals surface area contributed by atoms with E-state index in [1.807, 2.05) is 24.3 Å². The summed E-state index contributed by atoms with van der Waals surface area (Å²) in [5.41, 5.74) is 3.16. The maximum absolute atomic E-state index is 12.2. The van der Waals surface area contributed by atoms with Crippen molar-refractivity contribution < 1.29 is 19.4 Å². The molecule has 28 heavy (non-hydrogen) atoms. The van der Waals surface area contributed by atoms with E-state index in [2.05, 4.69) is 15.8 Å². The van der Waals surface area contributed by atoms with Crippen LogP contribution in [0.25, 0.3) is 10.8 Å². The highest BCUT2D eigenvalue weighted by Crippen LogP contribution is 2.25. The number of ether oxygens (including phenoxy) is 1. The molecule has 3 rings (SSSR count). The number of para-hydroxylation sites is 1. The molecule has 3 aromatic carbocycles. The van der Waals surface area contributed by atoms with E-state index in [4.69, 9.17) is 4.74 Å². The number of phenolic OH excluding ortho intramolecular Hbond substituents is 1. The SMILES string of the molecule is COc1ccccc1C(=O)NCC(=O)NN=Cc1c(O)ccc2ccccc12. The minimum absolute atomic E-state index is 0.0566. The fraction of sp³-hybridized carbons (Fsp3) is 0.0952. The zero-order chi connectivity index (χ0) is 19.9. The van der Waals surface area contributed by atoms with E-state index in [1.165, 1.54) is 13.3 Å². The van der Waals surface area contributed by atoms with Crippen LogP contribution in [-0.2, 0) is 4.79 Å². The van der Waals surface area contributed by atoms with E-state index in [0.717, 1.165) is 10.8 Å². The number of hydrogen-bond acceptors (Lipinski definition) is 5. The number of nitrogens with zero attached hydrogens (tertiary/aromatic N) is 1. The van der Waals surface area contributed by atoms with Gasteiger partial charge in [-0.2, -0.15) is 5.10 Å². The van der Waals surface area contributed by atoms with Crippen LogP contribution in [0.1, 0.15) is 15.9 Å². The van der Waals surface area contributed by atoms with Gasteiger partial charge < -0.3 is 15.2 Å². The number of benzene rings is 3. The smallest absolute Gasteiger partial charge is 0.259 e. The molecule has 142 valence electrons. The van der Waals surface area contributed by atoms with Crippen molar-refractivity contribution in [2.45, 2.75) is 0 Å². The number of carbonyl (C=O) groups is 2. The minimum atomic E-state index is -0.501. The second-order valence-electron chi connectivity index (χ2n) is 5.90. The van der Waals surface area contributed by atoms with Gasteiger partial charge in [0.15, 0.2) is 0 Å². The Balaban J connectivity index is 1.61. The molecule has 3 aromatic rings. The summed E-state index contributed by atoms with van der Waals surface area (Å²) >= 11 is 0. The second-order valence-corrected chi connectivity index (χ2v) is 5.90. The standard InChI is InChI=1S/C21H19N3O4/c1-28-19-9-5-4-8-16(19)21(27)22-13-20(26)24-23-12-17-15-7-3-2-6-14(15)10-11-18(17)25/h2-12,25H,13H2,1H3,(H,22,27)(H,24,26). The molecule has 0 aliphatic heterocycles. The van der Waals surface area contributed by atoms with Gasteiger partial charge >= 0.3 is 0 Å². The highest BCUT2D eigenvalue weighted by molar-refractivity contribution is 6.03. The Hall–Kier alpha value is -3.87. The Morgan fingerprint density at radius 1 is 1.07 bits per heavy atom. The number of methoxy groups -OCH3 is 1. The Morgan fingerprint density at radius 2 is 1.82 bits per heavy atom. The van der Waals surface area contributed by atoms with Gasteiger partial charge in [-0.05, 0) is 29.0 Å². The maximum atomic E-state index is 12.2. The molecule has 0 heterocycles. The van der Waals surface area contributed by atoms with Gasteiger partial charge in [-0.15, -0.1) is 0 Å². The van der Waals surface area contributed by atoms with Crippen molar-refractivity contribution in [1.29, 1.82) is 0 Å². The van der Waals surface area contributed by atoms with Crippen molar-refractivity contribution in [3.63, 3.8) is 0 Å². The topological polar surface area (TPSA) is 100 Å². The van der Waals surface area contributed by atoms with E-state index < -0.39 is 11.8 Å². The summed E-state index contributed by atoms with van der Waals surface area (Å²) in [6, 6.07) is 17.6. The van der Waals surface area contributed by atoms with E-state index in [-0.39, 0.29) is 12.3 Å². The molecule has 0 aliphatic rings. The third-order valence-corrected chi connectivity index (χ3v) is 4.09. The molecule has 0 unspecified atom stereocenters. The molecule has 7 nitrogen and oxygen atoms in total. The second kappa shape index (κ2) is 8.68. The first-order chi connectivity index (χ1) is 13.6. The van der Waals surface area contributed by atoms with Gasteiger partial charge in [0.25, 0.3) is 11.8 Å². The molecule has 0 atom stereocenters. The zero-order valence-corrected chi connectivity index (χ0v) is 15.2. The van der Waals surface area contributed by atoms with Crippen molar-refractivity contribution in [2.75, 3.05) is 13.7 Å². The molecule has 7 heteroatoms. The van der Waals surface area contributed by atoms with Crippen LogP contribution in [-0.4, -0.2) is 36.8 Å². The van der Waals surface area contributed by atoms with Crippen molar-refractivity contribution >= 4 is 28.8 Å². The molecule has 0 spiro atoms. The van der Waals surface area contributed by atoms with Crippen LogP contribution in [0.5, 0.6) is 11.5 Å². The Labute approximate surface area is 161 Å². The van der Waals surface area contributed by atoms with Crippen LogP contribution in [0.2, 0.25) is 0 Å². The molecule has 0 saturated carbocycles. The monoisotopic (exact) mass is 377 g/mol. The highest BCUT2D eigenvalue weighted by Gasteiger charge is 2.12. The van der Waals surface area contributed by atoms with Crippen LogP contribution in [0, 0.1) is 0 Å². The normalized spacial score (nSPS) is 10.8. The van der Waals surface area contributed by atoms with Crippen molar-refractivity contribution in [3.05, 3.63) is 71.8 Å². The molecule has 3 N–H and O–H groups in total. The lowest BCUT2D eigenvalue weighted by Crippen LogP contribution is -2.35. The number of phenols is 1. The number of hydrazone groups is 1. The summed E-state index contributed by atoms with van der Waals surface area (Å²) in [7, 11) is 1.47. The van der Waals surface area contributed by atoms with E-state index in [9.17, 15) is 14.7 Å². The number of rotatable bonds is 6. The first-order valence-corrected chi connectivity index (χ1v) is 8.54. The summed E-state index contributed by atoms with van der Waals surface area (Å²) in [5, 5.41) is 18.2. The molecule has 2 amide bonds. The van der Waals surface area contributed by atoms with E-state index >= 15 is 0 Å². The summed E-state index contributed by atoms with van der Waals surface area (Å²) < 4.78 is 5.12. The molecule has 0 aromatic heterocycles. The number of aromatic hydroxyl groups is 1. The van der Waals surface area contributed by atoms with Gasteiger partial charge in [0.05, 0.1) is 25.4 Å². The maximum Gasteiger partial charge on any atom is 0.259 e. The lowest BCUT2D eigenvalue weighted by Gasteiger charge is -2.08. The first kappa shape index (κ1) is 18.9. The van der Waals surface area contributed by atoms with Crippen LogP contribution in [0.15, 0.2) is 65.8 Å². The van der Waals surface area contributed by atoms with Gasteiger partial charge in [0, 0.05) is 5.56 Å². The summed E-state index contributed by atoms with van der Waals surface area (Å²) in [6.07, 6.45) is 1.37. The van der Waals surface area contributed by atoms with Crippen LogP contribution in [0.4, 0.5) is 0 Å². The Kier molecular flexibility index (Phi) is 5.86. The molecular formula is C21H19N3O4. The van der Waals surface area contributed by atoms with Crippen LogP contribution >= 0.6 is 0 Å². The van der Waals surface area contributed by atoms with Crippen molar-refractivity contribution in [1.82, 2.24) is 10.7 Å². The first-order valence-electron chi connectivity index (χ1n) is 8.54. The van der Waals surface area contributed by atoms with Gasteiger partial charge in [-0.25, -0.2) is 5.43 Å². The van der Waals surface area contributed by atoms with Crippen molar-refractivity contribution in [2.24, 2.45) is 5.10 Å². The summed E-state index contributed by atoms with van der Waals surface area (Å²) in [5.74, 6) is -0.450. The third kappa shape index (κ3) is 4.27. The summed E-state index contributed by atoms with van der Waals surface area (Å²) in [6.45, 7) is -0.254. The van der Waals surface area contributed by atoms with Gasteiger partial charge in [-0.3, -0.25) is 9.59 Å². The van der Waals surface area contributed by atoms with Gasteiger partial charge in [0.2, 0.25) is 0 Å². The fourth-order valence-corrected chi connectivity index (χ4v) is 2.72. The van der Waals surface area contributed by atoms with E-state index in [0.29, 0.717) is 16.9 Å². The van der Waals surface area contributed by atoms with Gasteiger partial charge in [-0.1, -0.05) is 42.5 Å². The third-order valence-electron chi connectivity index (χ3n) is 4.09. The number of amides is 2. The zero-order valence-electron chi connectivity index (χ0n) is 15.2. The van der Waals surface area contributed by atoms with Crippen LogP contribution in [0.3, 0.4) is 0 Å². The molecule has 0 saturated heterocycles. The summed E-state index contributed by atoms with van der Waals surface area (Å²) in [4.78, 5) is 24.1. The predicted molar refractivity (Wildman–Crippen MR) is 107 cm³/mol. The Bertz CT molecular complexity index is 1050. The molecule has 0 bridgehead atoms. The van der Waals surface area contributed by atoms with Crippen LogP contribution < -0.4 is 15.5 Å². The molecule has 0 fully saturated rings. The number of carbonyl (C=O) groups excluding carboxylic acids is 2. The highest BCUT2D eigenvalue weighted by atomic mass is 16.5. The lowest BCUT2D eigenvalue weighted by molar-refractivity contribution is -0.120. The molecule has 0 radical (unpaired) electrons. The number of nitrogens with one attached hydrogen (secondary N) is 2. The average molecular weight is 377 g/mol. The fourth-order valence-electron chi connectivity index (χ4n) is 2.72. The molecular weight excluding hydrogens is 358 g/mol. The lowest BCUT2D eigenvalue weighted by atomic mass is 10.0. The quantitative estimate of drug-likeness (QED) is 0.454. The number of hydrogen-bond donors (Lipinski definition) is 3. The number of fused-ring (bicyclic) bond motifs is 1. The Morgan fingerprint density at radius 3 is 2.64 bits per heavy atom. The molecule has 0 aliphatic carbocycles. The largest absolute Gasteiger partial charge is 0.507 e. The van der Waals surface area contributed by atoms with E-state index in [1.54, 1.807) is 36.4 Å². The minimum Gasteiger partial charge on any atom is -0.507 e.